The largest absolute Gasteiger partial charge is 0.310 e. The maximum atomic E-state index is 13.3. The molecule has 1 aromatic rings. The van der Waals surface area contributed by atoms with Crippen LogP contribution in [0.2, 0.25) is 0 Å². The third-order valence-corrected chi connectivity index (χ3v) is 2.86. The highest BCUT2D eigenvalue weighted by molar-refractivity contribution is 9.10. The predicted octanol–water partition coefficient (Wildman–Crippen LogP) is 2.98. The van der Waals surface area contributed by atoms with E-state index in [1.54, 1.807) is 0 Å². The van der Waals surface area contributed by atoms with E-state index in [2.05, 4.69) is 21.2 Å². The quantitative estimate of drug-likeness (QED) is 0.826. The monoisotopic (exact) mass is 261 g/mol. The van der Waals surface area contributed by atoms with Crippen LogP contribution in [0.4, 0.5) is 8.78 Å². The smallest absolute Gasteiger partial charge is 0.137 e. The highest BCUT2D eigenvalue weighted by Gasteiger charge is 2.20. The third-order valence-electron chi connectivity index (χ3n) is 2.25. The maximum absolute atomic E-state index is 13.3. The molecule has 1 aliphatic carbocycles. The van der Waals surface area contributed by atoms with E-state index in [0.717, 1.165) is 12.8 Å². The Balaban J connectivity index is 2.10. The minimum absolute atomic E-state index is 0.171. The van der Waals surface area contributed by atoms with E-state index in [-0.39, 0.29) is 10.3 Å². The van der Waals surface area contributed by atoms with Gasteiger partial charge in [-0.05, 0) is 40.9 Å². The number of rotatable bonds is 3. The number of nitrogens with one attached hydrogen (secondary N) is 1. The molecule has 0 aliphatic heterocycles. The summed E-state index contributed by atoms with van der Waals surface area (Å²) in [5.41, 5.74) is 0.387. The van der Waals surface area contributed by atoms with Gasteiger partial charge in [0.1, 0.15) is 11.6 Å². The summed E-state index contributed by atoms with van der Waals surface area (Å²) in [5, 5.41) is 3.14. The molecule has 1 fully saturated rings. The summed E-state index contributed by atoms with van der Waals surface area (Å²) in [7, 11) is 0. The molecule has 0 radical (unpaired) electrons. The van der Waals surface area contributed by atoms with Crippen molar-refractivity contribution in [1.29, 1.82) is 0 Å². The Bertz CT molecular complexity index is 350. The molecule has 4 heteroatoms. The lowest BCUT2D eigenvalue weighted by atomic mass is 10.2. The Morgan fingerprint density at radius 3 is 2.64 bits per heavy atom. The summed E-state index contributed by atoms with van der Waals surface area (Å²) in [6.45, 7) is 0.403. The van der Waals surface area contributed by atoms with E-state index in [9.17, 15) is 8.78 Å². The standard InChI is InChI=1S/C10H10BrF2N/c11-8-4-9(12)6(3-10(8)13)5-14-7-1-2-7/h3-4,7,14H,1-2,5H2. The van der Waals surface area contributed by atoms with Crippen molar-refractivity contribution in [1.82, 2.24) is 5.32 Å². The van der Waals surface area contributed by atoms with E-state index in [1.807, 2.05) is 0 Å². The minimum Gasteiger partial charge on any atom is -0.310 e. The van der Waals surface area contributed by atoms with Crippen molar-refractivity contribution in [2.45, 2.75) is 25.4 Å². The fourth-order valence-corrected chi connectivity index (χ4v) is 1.56. The number of hydrogen-bond donors (Lipinski definition) is 1. The van der Waals surface area contributed by atoms with Gasteiger partial charge in [0.05, 0.1) is 4.47 Å². The molecule has 0 heterocycles. The van der Waals surface area contributed by atoms with Crippen molar-refractivity contribution in [3.63, 3.8) is 0 Å². The van der Waals surface area contributed by atoms with Crippen LogP contribution in [-0.2, 0) is 6.54 Å². The lowest BCUT2D eigenvalue weighted by molar-refractivity contribution is 0.564. The third kappa shape index (κ3) is 2.30. The Hall–Kier alpha value is -0.480. The van der Waals surface area contributed by atoms with Gasteiger partial charge in [-0.25, -0.2) is 8.78 Å². The van der Waals surface area contributed by atoms with E-state index < -0.39 is 5.82 Å². The van der Waals surface area contributed by atoms with Crippen LogP contribution in [0.3, 0.4) is 0 Å². The lowest BCUT2D eigenvalue weighted by Gasteiger charge is -2.05. The zero-order valence-electron chi connectivity index (χ0n) is 7.49. The molecule has 1 aliphatic rings. The Morgan fingerprint density at radius 2 is 2.00 bits per heavy atom. The van der Waals surface area contributed by atoms with Gasteiger partial charge in [-0.3, -0.25) is 0 Å². The SMILES string of the molecule is Fc1cc(CNC2CC2)c(F)cc1Br. The predicted molar refractivity (Wildman–Crippen MR) is 53.9 cm³/mol. The molecule has 0 aromatic heterocycles. The summed E-state index contributed by atoms with van der Waals surface area (Å²) < 4.78 is 26.5. The van der Waals surface area contributed by atoms with Crippen molar-refractivity contribution in [2.24, 2.45) is 0 Å². The first-order chi connectivity index (χ1) is 6.66. The molecule has 1 saturated carbocycles. The van der Waals surface area contributed by atoms with Gasteiger partial charge < -0.3 is 5.32 Å². The molecule has 0 bridgehead atoms. The molecule has 1 N–H and O–H groups in total. The van der Waals surface area contributed by atoms with Crippen LogP contribution in [0.1, 0.15) is 18.4 Å². The van der Waals surface area contributed by atoms with Crippen LogP contribution in [-0.4, -0.2) is 6.04 Å². The minimum atomic E-state index is -0.418. The number of benzene rings is 1. The molecule has 1 nitrogen and oxygen atoms in total. The normalized spacial score (nSPS) is 15.9. The number of hydrogen-bond acceptors (Lipinski definition) is 1. The topological polar surface area (TPSA) is 12.0 Å². The fourth-order valence-electron chi connectivity index (χ4n) is 1.24. The zero-order valence-corrected chi connectivity index (χ0v) is 9.07. The molecular formula is C10H10BrF2N. The molecule has 0 atom stereocenters. The lowest BCUT2D eigenvalue weighted by Crippen LogP contribution is -2.16. The van der Waals surface area contributed by atoms with Crippen LogP contribution in [0.15, 0.2) is 16.6 Å². The summed E-state index contributed by atoms with van der Waals surface area (Å²) in [6, 6.07) is 2.90. The van der Waals surface area contributed by atoms with Crippen molar-refractivity contribution in [3.8, 4) is 0 Å². The second-order valence-corrected chi connectivity index (χ2v) is 4.37. The van der Waals surface area contributed by atoms with E-state index in [4.69, 9.17) is 0 Å². The Morgan fingerprint density at radius 1 is 1.29 bits per heavy atom. The molecule has 0 unspecified atom stereocenters. The van der Waals surface area contributed by atoms with E-state index >= 15 is 0 Å². The summed E-state index contributed by atoms with van der Waals surface area (Å²) >= 11 is 2.94. The van der Waals surface area contributed by atoms with Gasteiger partial charge in [0.25, 0.3) is 0 Å². The molecule has 14 heavy (non-hydrogen) atoms. The molecule has 0 saturated heterocycles. The van der Waals surface area contributed by atoms with Gasteiger partial charge in [0.15, 0.2) is 0 Å². The van der Waals surface area contributed by atoms with Gasteiger partial charge in [-0.2, -0.15) is 0 Å². The van der Waals surface area contributed by atoms with Crippen molar-refractivity contribution in [2.75, 3.05) is 0 Å². The molecular weight excluding hydrogens is 252 g/mol. The molecule has 1 aromatic carbocycles. The van der Waals surface area contributed by atoms with Crippen LogP contribution >= 0.6 is 15.9 Å². The van der Waals surface area contributed by atoms with E-state index in [0.29, 0.717) is 18.2 Å². The Kier molecular flexibility index (Phi) is 2.83. The van der Waals surface area contributed by atoms with Gasteiger partial charge in [-0.1, -0.05) is 0 Å². The molecule has 2 rings (SSSR count). The molecule has 0 spiro atoms. The van der Waals surface area contributed by atoms with E-state index in [1.165, 1.54) is 12.1 Å². The van der Waals surface area contributed by atoms with Crippen LogP contribution in [0.5, 0.6) is 0 Å². The Labute approximate surface area is 89.6 Å². The van der Waals surface area contributed by atoms with Crippen LogP contribution in [0.25, 0.3) is 0 Å². The van der Waals surface area contributed by atoms with Crippen molar-refractivity contribution < 1.29 is 8.78 Å². The van der Waals surface area contributed by atoms with Crippen LogP contribution in [0, 0.1) is 11.6 Å². The second kappa shape index (κ2) is 3.95. The van der Waals surface area contributed by atoms with Gasteiger partial charge in [0, 0.05) is 18.2 Å². The van der Waals surface area contributed by atoms with Gasteiger partial charge in [0.2, 0.25) is 0 Å². The molecule has 76 valence electrons. The second-order valence-electron chi connectivity index (χ2n) is 3.51. The first-order valence-electron chi connectivity index (χ1n) is 4.53. The average Bonchev–Trinajstić information content (AvgIpc) is 2.92. The molecule has 0 amide bonds. The zero-order chi connectivity index (χ0) is 10.1. The summed E-state index contributed by atoms with van der Waals surface area (Å²) in [4.78, 5) is 0. The fraction of sp³-hybridized carbons (Fsp3) is 0.400. The first-order valence-corrected chi connectivity index (χ1v) is 5.33. The van der Waals surface area contributed by atoms with Crippen molar-refractivity contribution in [3.05, 3.63) is 33.8 Å². The summed E-state index contributed by atoms with van der Waals surface area (Å²) in [6.07, 6.45) is 2.28. The number of halogens is 3. The maximum Gasteiger partial charge on any atom is 0.137 e. The first kappa shape index (κ1) is 10.1. The summed E-state index contributed by atoms with van der Waals surface area (Å²) in [5.74, 6) is -0.787. The van der Waals surface area contributed by atoms with Gasteiger partial charge in [-0.15, -0.1) is 0 Å². The van der Waals surface area contributed by atoms with Crippen molar-refractivity contribution >= 4 is 15.9 Å². The average molecular weight is 262 g/mol. The highest BCUT2D eigenvalue weighted by atomic mass is 79.9. The van der Waals surface area contributed by atoms with Gasteiger partial charge >= 0.3 is 0 Å². The van der Waals surface area contributed by atoms with Crippen LogP contribution < -0.4 is 5.32 Å². The highest BCUT2D eigenvalue weighted by Crippen LogP contribution is 2.22.